The number of hydrogen-bond acceptors (Lipinski definition) is 4. The molecule has 0 aliphatic carbocycles. The minimum Gasteiger partial charge on any atom is -0.457 e. The van der Waals surface area contributed by atoms with Gasteiger partial charge in [0.15, 0.2) is 0 Å². The number of nitrogens with zero attached hydrogens (tertiary/aromatic N) is 2. The summed E-state index contributed by atoms with van der Waals surface area (Å²) < 4.78 is 5.73. The van der Waals surface area contributed by atoms with Crippen molar-refractivity contribution in [2.24, 2.45) is 5.41 Å². The molecule has 0 unspecified atom stereocenters. The van der Waals surface area contributed by atoms with Crippen LogP contribution in [0.1, 0.15) is 50.1 Å². The van der Waals surface area contributed by atoms with Gasteiger partial charge in [0.2, 0.25) is 0 Å². The van der Waals surface area contributed by atoms with Gasteiger partial charge in [-0.15, -0.1) is 0 Å². The number of benzene rings is 1. The molecule has 0 spiro atoms. The van der Waals surface area contributed by atoms with Crippen LogP contribution in [-0.4, -0.2) is 11.0 Å². The molecule has 24 heavy (non-hydrogen) atoms. The van der Waals surface area contributed by atoms with Crippen molar-refractivity contribution in [2.45, 2.75) is 39.7 Å². The smallest absolute Gasteiger partial charge is 0.311 e. The number of esters is 1. The molecule has 1 aromatic carbocycles. The highest BCUT2D eigenvalue weighted by atomic mass is 16.5. The summed E-state index contributed by atoms with van der Waals surface area (Å²) >= 11 is 0. The molecule has 0 saturated carbocycles. The molecule has 0 fully saturated rings. The number of carbonyl (C=O) groups is 1. The molecule has 0 amide bonds. The molecule has 1 heterocycles. The predicted octanol–water partition coefficient (Wildman–Crippen LogP) is 4.22. The number of aryl methyl sites for hydroxylation is 1. The van der Waals surface area contributed by atoms with Gasteiger partial charge in [-0.25, -0.2) is 4.98 Å². The normalized spacial score (nSPS) is 12.2. The molecule has 0 aliphatic rings. The second-order valence-electron chi connectivity index (χ2n) is 6.76. The molecule has 124 valence electrons. The van der Waals surface area contributed by atoms with Crippen LogP contribution in [0.5, 0.6) is 0 Å². The fourth-order valence-electron chi connectivity index (χ4n) is 2.20. The number of hydrogen-bond donors (Lipinski definition) is 0. The molecule has 2 aromatic rings. The van der Waals surface area contributed by atoms with Crippen LogP contribution >= 0.6 is 0 Å². The summed E-state index contributed by atoms with van der Waals surface area (Å²) in [5.41, 5.74) is 1.78. The fourth-order valence-corrected chi connectivity index (χ4v) is 2.20. The molecule has 4 nitrogen and oxygen atoms in total. The molecular formula is C20H22N2O2. The first kappa shape index (κ1) is 17.7. The standard InChI is InChI=1S/C20H22N2O2/c1-20(2,3)19(23)24-18(12-9-15-7-5-4-6-8-15)16-10-11-17(13-21)22-14-16/h4-8,10-11,14,18H,9,12H2,1-3H3/t18-/m1/s1. The van der Waals surface area contributed by atoms with Gasteiger partial charge in [0, 0.05) is 11.8 Å². The van der Waals surface area contributed by atoms with Gasteiger partial charge in [0.05, 0.1) is 5.41 Å². The molecule has 1 aromatic heterocycles. The third-order valence-corrected chi connectivity index (χ3v) is 3.67. The summed E-state index contributed by atoms with van der Waals surface area (Å²) in [7, 11) is 0. The highest BCUT2D eigenvalue weighted by molar-refractivity contribution is 5.75. The largest absolute Gasteiger partial charge is 0.457 e. The number of nitriles is 1. The summed E-state index contributed by atoms with van der Waals surface area (Å²) in [6, 6.07) is 15.5. The monoisotopic (exact) mass is 322 g/mol. The maximum Gasteiger partial charge on any atom is 0.311 e. The Balaban J connectivity index is 2.16. The molecule has 1 atom stereocenters. The SMILES string of the molecule is CC(C)(C)C(=O)O[C@H](CCc1ccccc1)c1ccc(C#N)nc1. The number of aromatic nitrogens is 1. The fraction of sp³-hybridized carbons (Fsp3) is 0.350. The van der Waals surface area contributed by atoms with Crippen LogP contribution in [0, 0.1) is 16.7 Å². The van der Waals surface area contributed by atoms with Crippen molar-refractivity contribution in [3.8, 4) is 6.07 Å². The van der Waals surface area contributed by atoms with E-state index in [4.69, 9.17) is 10.00 Å². The van der Waals surface area contributed by atoms with Crippen LogP contribution in [-0.2, 0) is 16.0 Å². The molecule has 0 saturated heterocycles. The van der Waals surface area contributed by atoms with Crippen molar-refractivity contribution >= 4 is 5.97 Å². The van der Waals surface area contributed by atoms with Gasteiger partial charge in [-0.1, -0.05) is 36.4 Å². The van der Waals surface area contributed by atoms with Gasteiger partial charge in [-0.2, -0.15) is 5.26 Å². The first-order valence-corrected chi connectivity index (χ1v) is 8.01. The first-order chi connectivity index (χ1) is 11.4. The Bertz CT molecular complexity index is 710. The van der Waals surface area contributed by atoms with Gasteiger partial charge in [-0.3, -0.25) is 4.79 Å². The van der Waals surface area contributed by atoms with E-state index in [1.165, 1.54) is 5.56 Å². The Morgan fingerprint density at radius 2 is 1.92 bits per heavy atom. The van der Waals surface area contributed by atoms with Crippen LogP contribution in [0.15, 0.2) is 48.7 Å². The summed E-state index contributed by atoms with van der Waals surface area (Å²) in [6.07, 6.45) is 2.70. The van der Waals surface area contributed by atoms with Crippen molar-refractivity contribution in [1.29, 1.82) is 5.26 Å². The minimum absolute atomic E-state index is 0.245. The Morgan fingerprint density at radius 1 is 1.21 bits per heavy atom. The van der Waals surface area contributed by atoms with E-state index in [1.807, 2.05) is 45.0 Å². The zero-order valence-electron chi connectivity index (χ0n) is 14.3. The molecule has 0 aliphatic heterocycles. The van der Waals surface area contributed by atoms with Crippen LogP contribution < -0.4 is 0 Å². The second kappa shape index (κ2) is 7.74. The first-order valence-electron chi connectivity index (χ1n) is 8.01. The van der Waals surface area contributed by atoms with E-state index in [9.17, 15) is 4.79 Å². The maximum absolute atomic E-state index is 12.3. The zero-order valence-corrected chi connectivity index (χ0v) is 14.3. The maximum atomic E-state index is 12.3. The number of ether oxygens (including phenoxy) is 1. The Labute approximate surface area is 143 Å². The van der Waals surface area contributed by atoms with E-state index in [-0.39, 0.29) is 12.1 Å². The molecule has 0 bridgehead atoms. The van der Waals surface area contributed by atoms with Gasteiger partial charge in [0.1, 0.15) is 17.9 Å². The second-order valence-corrected chi connectivity index (χ2v) is 6.76. The highest BCUT2D eigenvalue weighted by Crippen LogP contribution is 2.27. The van der Waals surface area contributed by atoms with Crippen molar-refractivity contribution < 1.29 is 9.53 Å². The van der Waals surface area contributed by atoms with E-state index < -0.39 is 5.41 Å². The van der Waals surface area contributed by atoms with Gasteiger partial charge >= 0.3 is 5.97 Å². The summed E-state index contributed by atoms with van der Waals surface area (Å²) in [5, 5.41) is 8.87. The summed E-state index contributed by atoms with van der Waals surface area (Å²) in [6.45, 7) is 5.50. The van der Waals surface area contributed by atoms with Gasteiger partial charge < -0.3 is 4.74 Å². The Kier molecular flexibility index (Phi) is 5.70. The molecule has 4 heteroatoms. The van der Waals surface area contributed by atoms with Crippen molar-refractivity contribution in [3.05, 3.63) is 65.5 Å². The number of rotatable bonds is 5. The number of pyridine rings is 1. The lowest BCUT2D eigenvalue weighted by molar-refractivity contribution is -0.159. The molecule has 0 radical (unpaired) electrons. The quantitative estimate of drug-likeness (QED) is 0.773. The van der Waals surface area contributed by atoms with E-state index in [0.29, 0.717) is 12.1 Å². The zero-order chi connectivity index (χ0) is 17.6. The van der Waals surface area contributed by atoms with Crippen molar-refractivity contribution in [1.82, 2.24) is 4.98 Å². The lowest BCUT2D eigenvalue weighted by Gasteiger charge is -2.23. The van der Waals surface area contributed by atoms with E-state index in [1.54, 1.807) is 18.3 Å². The third-order valence-electron chi connectivity index (χ3n) is 3.67. The Hall–Kier alpha value is -2.67. The lowest BCUT2D eigenvalue weighted by atomic mass is 9.96. The average molecular weight is 322 g/mol. The summed E-state index contributed by atoms with van der Waals surface area (Å²) in [5.74, 6) is -0.245. The van der Waals surface area contributed by atoms with Crippen molar-refractivity contribution in [2.75, 3.05) is 0 Å². The molecule has 2 rings (SSSR count). The topological polar surface area (TPSA) is 63.0 Å². The van der Waals surface area contributed by atoms with Crippen LogP contribution in [0.2, 0.25) is 0 Å². The van der Waals surface area contributed by atoms with E-state index in [2.05, 4.69) is 17.1 Å². The van der Waals surface area contributed by atoms with Gasteiger partial charge in [-0.05, 0) is 45.2 Å². The molecular weight excluding hydrogens is 300 g/mol. The summed E-state index contributed by atoms with van der Waals surface area (Å²) in [4.78, 5) is 16.4. The predicted molar refractivity (Wildman–Crippen MR) is 92.0 cm³/mol. The van der Waals surface area contributed by atoms with Crippen LogP contribution in [0.4, 0.5) is 0 Å². The van der Waals surface area contributed by atoms with Crippen LogP contribution in [0.3, 0.4) is 0 Å². The lowest BCUT2D eigenvalue weighted by Crippen LogP contribution is -2.25. The van der Waals surface area contributed by atoms with Gasteiger partial charge in [0.25, 0.3) is 0 Å². The van der Waals surface area contributed by atoms with Crippen LogP contribution in [0.25, 0.3) is 0 Å². The Morgan fingerprint density at radius 3 is 2.46 bits per heavy atom. The highest BCUT2D eigenvalue weighted by Gasteiger charge is 2.27. The van der Waals surface area contributed by atoms with E-state index in [0.717, 1.165) is 12.0 Å². The average Bonchev–Trinajstić information content (AvgIpc) is 2.58. The minimum atomic E-state index is -0.564. The molecule has 0 N–H and O–H groups in total. The van der Waals surface area contributed by atoms with E-state index >= 15 is 0 Å². The van der Waals surface area contributed by atoms with Crippen molar-refractivity contribution in [3.63, 3.8) is 0 Å². The number of carbonyl (C=O) groups excluding carboxylic acids is 1. The third kappa shape index (κ3) is 4.92.